The van der Waals surface area contributed by atoms with E-state index in [4.69, 9.17) is 15.2 Å². The number of urea groups is 1. The number of rotatable bonds is 21. The van der Waals surface area contributed by atoms with Crippen LogP contribution in [-0.2, 0) is 19.1 Å². The molecule has 0 radical (unpaired) electrons. The van der Waals surface area contributed by atoms with Gasteiger partial charge in [-0.1, -0.05) is 116 Å². The lowest BCUT2D eigenvalue weighted by Crippen LogP contribution is -2.69. The lowest BCUT2D eigenvalue weighted by atomic mass is 9.70. The predicted octanol–water partition coefficient (Wildman–Crippen LogP) is 9.02. The average molecular weight is 690 g/mol. The maximum Gasteiger partial charge on any atom is 0.315 e. The number of nitrogens with two attached hydrogens (primary N) is 1. The molecule has 0 aromatic heterocycles. The molecule has 4 N–H and O–H groups in total. The minimum Gasteiger partial charge on any atom is -0.481 e. The van der Waals surface area contributed by atoms with Crippen LogP contribution in [0.15, 0.2) is 12.2 Å². The molecule has 1 saturated heterocycles. The van der Waals surface area contributed by atoms with E-state index in [-0.39, 0.29) is 12.5 Å². The fourth-order valence-electron chi connectivity index (χ4n) is 8.91. The molecule has 2 saturated carbocycles. The molecule has 0 spiro atoms. The summed E-state index contributed by atoms with van der Waals surface area (Å²) < 4.78 is 11.8. The molecule has 3 fully saturated rings. The predicted molar refractivity (Wildman–Crippen MR) is 196 cm³/mol. The molecule has 2 unspecified atom stereocenters. The Hall–Kier alpha value is -2.13. The van der Waals surface area contributed by atoms with Crippen LogP contribution in [0.5, 0.6) is 0 Å². The van der Waals surface area contributed by atoms with E-state index >= 15 is 0 Å². The Balaban J connectivity index is 1.66. The first-order valence-corrected chi connectivity index (χ1v) is 19.9. The molecule has 2 atom stereocenters. The van der Waals surface area contributed by atoms with Gasteiger partial charge in [0, 0.05) is 17.5 Å². The van der Waals surface area contributed by atoms with Gasteiger partial charge < -0.3 is 30.5 Å². The third-order valence-corrected chi connectivity index (χ3v) is 11.6. The molecule has 49 heavy (non-hydrogen) atoms. The van der Waals surface area contributed by atoms with Gasteiger partial charge in [-0.05, 0) is 71.6 Å². The van der Waals surface area contributed by atoms with Crippen molar-refractivity contribution >= 4 is 17.9 Å². The van der Waals surface area contributed by atoms with E-state index in [1.165, 1.54) is 44.9 Å². The largest absolute Gasteiger partial charge is 0.481 e. The van der Waals surface area contributed by atoms with Crippen molar-refractivity contribution in [2.24, 2.45) is 17.1 Å². The third-order valence-electron chi connectivity index (χ3n) is 11.6. The first-order valence-electron chi connectivity index (χ1n) is 19.9. The Morgan fingerprint density at radius 1 is 0.837 bits per heavy atom. The highest BCUT2D eigenvalue weighted by atomic mass is 16.7. The molecule has 0 aromatic rings. The van der Waals surface area contributed by atoms with Crippen LogP contribution in [-0.4, -0.2) is 64.0 Å². The topological polar surface area (TPSA) is 131 Å². The fraction of sp³-hybridized carbons (Fsp3) is 0.875. The van der Waals surface area contributed by atoms with Crippen molar-refractivity contribution in [3.05, 3.63) is 12.2 Å². The molecule has 1 heterocycles. The highest BCUT2D eigenvalue weighted by Gasteiger charge is 2.57. The maximum atomic E-state index is 13.6. The molecule has 2 aliphatic carbocycles. The number of carboxylic acids is 1. The summed E-state index contributed by atoms with van der Waals surface area (Å²) in [5.74, 6) is -3.26. The van der Waals surface area contributed by atoms with Crippen molar-refractivity contribution in [2.75, 3.05) is 13.2 Å². The number of ether oxygens (including phenoxy) is 2. The first kappa shape index (κ1) is 41.3. The molecule has 3 amide bonds. The molecule has 1 aliphatic heterocycles. The number of aliphatic carboxylic acids is 1. The summed E-state index contributed by atoms with van der Waals surface area (Å²) in [6, 6.07) is -0.523. The number of unbranched alkanes of at least 4 members (excludes halogenated alkanes) is 10. The summed E-state index contributed by atoms with van der Waals surface area (Å²) in [6.07, 6.45) is 27.0. The average Bonchev–Trinajstić information content (AvgIpc) is 3.52. The molecular formula is C40H71N3O6. The molecule has 3 aliphatic rings. The molecule has 0 aromatic carbocycles. The van der Waals surface area contributed by atoms with Crippen LogP contribution >= 0.6 is 0 Å². The summed E-state index contributed by atoms with van der Waals surface area (Å²) in [5, 5.41) is 13.7. The zero-order valence-electron chi connectivity index (χ0n) is 31.8. The van der Waals surface area contributed by atoms with Gasteiger partial charge in [-0.2, -0.15) is 0 Å². The van der Waals surface area contributed by atoms with E-state index in [0.29, 0.717) is 19.4 Å². The highest BCUT2D eigenvalue weighted by molar-refractivity contribution is 5.83. The van der Waals surface area contributed by atoms with Crippen molar-refractivity contribution in [3.8, 4) is 0 Å². The number of nitrogens with one attached hydrogen (secondary N) is 1. The van der Waals surface area contributed by atoms with Crippen molar-refractivity contribution in [1.82, 2.24) is 10.2 Å². The van der Waals surface area contributed by atoms with Crippen LogP contribution in [0.25, 0.3) is 0 Å². The Labute approximate surface area is 297 Å². The second kappa shape index (κ2) is 19.5. The first-order chi connectivity index (χ1) is 23.3. The van der Waals surface area contributed by atoms with Gasteiger partial charge in [-0.3, -0.25) is 9.59 Å². The smallest absolute Gasteiger partial charge is 0.315 e. The number of amides is 3. The lowest BCUT2D eigenvalue weighted by molar-refractivity contribution is -0.304. The third kappa shape index (κ3) is 11.7. The number of primary amides is 1. The highest BCUT2D eigenvalue weighted by Crippen LogP contribution is 2.50. The van der Waals surface area contributed by atoms with Gasteiger partial charge in [0.1, 0.15) is 6.10 Å². The molecule has 0 bridgehead atoms. The summed E-state index contributed by atoms with van der Waals surface area (Å²) in [6.45, 7) is 9.89. The maximum absolute atomic E-state index is 13.6. The minimum absolute atomic E-state index is 0.0869. The Morgan fingerprint density at radius 3 is 1.96 bits per heavy atom. The zero-order chi connectivity index (χ0) is 36.0. The van der Waals surface area contributed by atoms with Gasteiger partial charge in [0.25, 0.3) is 0 Å². The normalized spacial score (nSPS) is 23.2. The van der Waals surface area contributed by atoms with Crippen LogP contribution in [0.4, 0.5) is 4.79 Å². The number of allylic oxidation sites excluding steroid dienone is 2. The second-order valence-electron chi connectivity index (χ2n) is 16.6. The van der Waals surface area contributed by atoms with Crippen LogP contribution in [0, 0.1) is 11.3 Å². The Morgan fingerprint density at radius 2 is 1.39 bits per heavy atom. The molecule has 9 nitrogen and oxygen atoms in total. The van der Waals surface area contributed by atoms with Crippen molar-refractivity contribution in [2.45, 2.75) is 199 Å². The Kier molecular flexibility index (Phi) is 16.4. The summed E-state index contributed by atoms with van der Waals surface area (Å²) >= 11 is 0. The summed E-state index contributed by atoms with van der Waals surface area (Å²) in [7, 11) is 0. The monoisotopic (exact) mass is 690 g/mol. The number of carbonyl (C=O) groups is 3. The lowest BCUT2D eigenvalue weighted by Gasteiger charge is -2.56. The van der Waals surface area contributed by atoms with Gasteiger partial charge >= 0.3 is 12.0 Å². The van der Waals surface area contributed by atoms with Gasteiger partial charge in [0.15, 0.2) is 5.79 Å². The number of carbonyl (C=O) groups excluding carboxylic acids is 2. The fourth-order valence-corrected chi connectivity index (χ4v) is 8.91. The number of hydrogen-bond acceptors (Lipinski definition) is 5. The standard InChI is InChI=1S/C40H71N3O6/c1-6-7-8-9-10-11-12-13-14-15-16-17-18-20-25-39(26-21-19-22-27-39)43(36(41)47)40(28-23-24-29-40)32(35(45)46)30-42-34(44)33-37(2,3)31-48-38(4,5)49-33/h14-15,32-33H,6-13,16-31H2,1-5H3,(H2,41,47)(H,42,44)(H,45,46)/b15-14+. The van der Waals surface area contributed by atoms with Crippen molar-refractivity contribution in [3.63, 3.8) is 0 Å². The molecule has 3 rings (SSSR count). The summed E-state index contributed by atoms with van der Waals surface area (Å²) in [4.78, 5) is 42.2. The molecule has 9 heteroatoms. The number of carboxylic acid groups (broad SMARTS) is 1. The number of nitrogens with zero attached hydrogens (tertiary/aromatic N) is 1. The van der Waals surface area contributed by atoms with E-state index in [1.807, 2.05) is 18.7 Å². The molecular weight excluding hydrogens is 618 g/mol. The quantitative estimate of drug-likeness (QED) is 0.0814. The van der Waals surface area contributed by atoms with Gasteiger partial charge in [-0.25, -0.2) is 4.79 Å². The van der Waals surface area contributed by atoms with Crippen LogP contribution < -0.4 is 11.1 Å². The van der Waals surface area contributed by atoms with Crippen LogP contribution in [0.3, 0.4) is 0 Å². The van der Waals surface area contributed by atoms with E-state index < -0.39 is 46.3 Å². The minimum atomic E-state index is -1.00. The van der Waals surface area contributed by atoms with Gasteiger partial charge in [0.05, 0.1) is 18.1 Å². The van der Waals surface area contributed by atoms with E-state index in [9.17, 15) is 19.5 Å². The molecule has 282 valence electrons. The number of hydrogen-bond donors (Lipinski definition) is 3. The van der Waals surface area contributed by atoms with E-state index in [1.54, 1.807) is 13.8 Å². The van der Waals surface area contributed by atoms with Gasteiger partial charge in [-0.15, -0.1) is 0 Å². The van der Waals surface area contributed by atoms with Crippen LogP contribution in [0.2, 0.25) is 0 Å². The Bertz CT molecular complexity index is 1060. The zero-order valence-corrected chi connectivity index (χ0v) is 31.8. The second-order valence-corrected chi connectivity index (χ2v) is 16.6. The SMILES string of the molecule is CCCCCCCCC/C=C/CCCCCC1(N(C(N)=O)C2(C(CNC(=O)C3OC(C)(C)OCC3(C)C)C(=O)O)CCCC2)CCCCC1. The van der Waals surface area contributed by atoms with Crippen molar-refractivity contribution in [1.29, 1.82) is 0 Å². The van der Waals surface area contributed by atoms with E-state index in [0.717, 1.165) is 83.5 Å². The van der Waals surface area contributed by atoms with Crippen molar-refractivity contribution < 1.29 is 29.0 Å². The van der Waals surface area contributed by atoms with Gasteiger partial charge in [0.2, 0.25) is 5.91 Å². The van der Waals surface area contributed by atoms with Crippen LogP contribution in [0.1, 0.15) is 176 Å². The van der Waals surface area contributed by atoms with E-state index in [2.05, 4.69) is 24.4 Å². The summed E-state index contributed by atoms with van der Waals surface area (Å²) in [5.41, 5.74) is 4.31.